The van der Waals surface area contributed by atoms with Crippen molar-refractivity contribution in [1.82, 2.24) is 14.5 Å². The van der Waals surface area contributed by atoms with Crippen LogP contribution in [0.15, 0.2) is 35.1 Å². The number of aromatic hydroxyl groups is 1. The lowest BCUT2D eigenvalue weighted by Gasteiger charge is -2.36. The van der Waals surface area contributed by atoms with Crippen molar-refractivity contribution < 1.29 is 9.84 Å². The highest BCUT2D eigenvalue weighted by atomic mass is 35.5. The predicted molar refractivity (Wildman–Crippen MR) is 119 cm³/mol. The number of rotatable bonds is 4. The molecule has 1 aliphatic heterocycles. The fraction of sp³-hybridized carbons (Fsp3) is 0.318. The molecule has 4 rings (SSSR count). The fourth-order valence-corrected chi connectivity index (χ4v) is 4.16. The zero-order valence-electron chi connectivity index (χ0n) is 17.3. The van der Waals surface area contributed by atoms with E-state index in [0.29, 0.717) is 60.3 Å². The zero-order chi connectivity index (χ0) is 22.1. The summed E-state index contributed by atoms with van der Waals surface area (Å²) in [4.78, 5) is 21.4. The van der Waals surface area contributed by atoms with E-state index in [-0.39, 0.29) is 16.9 Å². The summed E-state index contributed by atoms with van der Waals surface area (Å²) >= 11 is 6.13. The number of fused-ring (bicyclic) bond motifs is 1. The monoisotopic (exact) mass is 439 g/mol. The van der Waals surface area contributed by atoms with Gasteiger partial charge in [0, 0.05) is 45.3 Å². The summed E-state index contributed by atoms with van der Waals surface area (Å²) in [7, 11) is 3.16. The van der Waals surface area contributed by atoms with Gasteiger partial charge in [-0.3, -0.25) is 9.69 Å². The van der Waals surface area contributed by atoms with Gasteiger partial charge >= 0.3 is 0 Å². The standard InChI is InChI=1S/C22H22ClN5O3/c1-26-16-6-7-18(23)25-19(16)20(15(12-24)22(26)30)28-10-8-27(9-11-28)13-14-4-3-5-17(31-2)21(14)29/h3-7,29H,8-11,13H2,1-2H3. The Morgan fingerprint density at radius 1 is 1.23 bits per heavy atom. The van der Waals surface area contributed by atoms with Crippen molar-refractivity contribution in [3.05, 3.63) is 57.0 Å². The van der Waals surface area contributed by atoms with Crippen molar-refractivity contribution in [3.8, 4) is 17.6 Å². The van der Waals surface area contributed by atoms with E-state index >= 15 is 0 Å². The van der Waals surface area contributed by atoms with E-state index in [1.54, 1.807) is 25.2 Å². The van der Waals surface area contributed by atoms with Crippen LogP contribution in [0.5, 0.6) is 11.5 Å². The lowest BCUT2D eigenvalue weighted by atomic mass is 10.1. The van der Waals surface area contributed by atoms with Gasteiger partial charge in [0.15, 0.2) is 11.5 Å². The molecule has 31 heavy (non-hydrogen) atoms. The molecule has 2 aromatic heterocycles. The van der Waals surface area contributed by atoms with Crippen LogP contribution in [0.3, 0.4) is 0 Å². The molecular formula is C22H22ClN5O3. The van der Waals surface area contributed by atoms with Crippen LogP contribution in [0.2, 0.25) is 5.15 Å². The second kappa shape index (κ2) is 8.46. The number of hydrogen-bond acceptors (Lipinski definition) is 7. The van der Waals surface area contributed by atoms with E-state index in [0.717, 1.165) is 5.56 Å². The number of piperazine rings is 1. The molecule has 9 heteroatoms. The molecule has 1 saturated heterocycles. The number of anilines is 1. The van der Waals surface area contributed by atoms with Crippen LogP contribution in [0.4, 0.5) is 5.69 Å². The average Bonchev–Trinajstić information content (AvgIpc) is 2.78. The summed E-state index contributed by atoms with van der Waals surface area (Å²) in [6.07, 6.45) is 0. The van der Waals surface area contributed by atoms with Crippen molar-refractivity contribution in [3.63, 3.8) is 0 Å². The van der Waals surface area contributed by atoms with Gasteiger partial charge in [0.05, 0.1) is 18.3 Å². The van der Waals surface area contributed by atoms with Crippen molar-refractivity contribution in [2.45, 2.75) is 6.54 Å². The summed E-state index contributed by atoms with van der Waals surface area (Å²) in [5.74, 6) is 0.597. The highest BCUT2D eigenvalue weighted by Crippen LogP contribution is 2.32. The maximum atomic E-state index is 12.8. The molecule has 1 aromatic carbocycles. The largest absolute Gasteiger partial charge is 0.504 e. The van der Waals surface area contributed by atoms with Gasteiger partial charge in [0.1, 0.15) is 22.3 Å². The van der Waals surface area contributed by atoms with Gasteiger partial charge in [-0.15, -0.1) is 0 Å². The summed E-state index contributed by atoms with van der Waals surface area (Å²) in [5.41, 5.74) is 2.23. The highest BCUT2D eigenvalue weighted by molar-refractivity contribution is 6.29. The molecular weight excluding hydrogens is 418 g/mol. The minimum Gasteiger partial charge on any atom is -0.504 e. The SMILES string of the molecule is COc1cccc(CN2CCN(c3c(C#N)c(=O)n(C)c4ccc(Cl)nc34)CC2)c1O. The molecule has 3 heterocycles. The number of phenolic OH excluding ortho intramolecular Hbond substituents is 1. The van der Waals surface area contributed by atoms with Crippen molar-refractivity contribution in [1.29, 1.82) is 5.26 Å². The van der Waals surface area contributed by atoms with Crippen LogP contribution in [-0.2, 0) is 13.6 Å². The third-order valence-corrected chi connectivity index (χ3v) is 5.89. The lowest BCUT2D eigenvalue weighted by Crippen LogP contribution is -2.47. The number of hydrogen-bond donors (Lipinski definition) is 1. The Morgan fingerprint density at radius 3 is 2.65 bits per heavy atom. The molecule has 0 amide bonds. The molecule has 160 valence electrons. The minimum absolute atomic E-state index is 0.0728. The van der Waals surface area contributed by atoms with Crippen LogP contribution in [0.25, 0.3) is 11.0 Å². The van der Waals surface area contributed by atoms with Crippen molar-refractivity contribution in [2.75, 3.05) is 38.2 Å². The Balaban J connectivity index is 1.62. The molecule has 0 atom stereocenters. The number of aromatic nitrogens is 2. The molecule has 0 saturated carbocycles. The first-order valence-electron chi connectivity index (χ1n) is 9.86. The van der Waals surface area contributed by atoms with E-state index in [1.807, 2.05) is 17.0 Å². The van der Waals surface area contributed by atoms with Crippen LogP contribution in [0.1, 0.15) is 11.1 Å². The summed E-state index contributed by atoms with van der Waals surface area (Å²) in [6, 6.07) is 10.9. The predicted octanol–water partition coefficient (Wildman–Crippen LogP) is 2.49. The molecule has 0 spiro atoms. The Labute approximate surface area is 184 Å². The maximum absolute atomic E-state index is 12.8. The number of nitriles is 1. The molecule has 1 N–H and O–H groups in total. The zero-order valence-corrected chi connectivity index (χ0v) is 18.1. The quantitative estimate of drug-likeness (QED) is 0.624. The molecule has 8 nitrogen and oxygen atoms in total. The molecule has 0 radical (unpaired) electrons. The molecule has 1 fully saturated rings. The maximum Gasteiger partial charge on any atom is 0.270 e. The van der Waals surface area contributed by atoms with Gasteiger partial charge in [-0.25, -0.2) is 4.98 Å². The highest BCUT2D eigenvalue weighted by Gasteiger charge is 2.25. The Morgan fingerprint density at radius 2 is 1.97 bits per heavy atom. The first-order chi connectivity index (χ1) is 14.9. The van der Waals surface area contributed by atoms with Crippen LogP contribution >= 0.6 is 11.6 Å². The van der Waals surface area contributed by atoms with Gasteiger partial charge in [-0.05, 0) is 18.2 Å². The second-order valence-corrected chi connectivity index (χ2v) is 7.82. The molecule has 0 aliphatic carbocycles. The number of aryl methyl sites for hydroxylation is 1. The minimum atomic E-state index is -0.349. The summed E-state index contributed by atoms with van der Waals surface area (Å²) < 4.78 is 6.62. The number of phenols is 1. The Bertz CT molecular complexity index is 1240. The second-order valence-electron chi connectivity index (χ2n) is 7.43. The number of nitrogens with zero attached hydrogens (tertiary/aromatic N) is 5. The van der Waals surface area contributed by atoms with Gasteiger partial charge in [0.25, 0.3) is 5.56 Å². The number of benzene rings is 1. The molecule has 1 aliphatic rings. The summed E-state index contributed by atoms with van der Waals surface area (Å²) in [5, 5.41) is 20.4. The first-order valence-corrected chi connectivity index (χ1v) is 10.2. The smallest absolute Gasteiger partial charge is 0.270 e. The van der Waals surface area contributed by atoms with Crippen LogP contribution in [-0.4, -0.2) is 52.8 Å². The third-order valence-electron chi connectivity index (χ3n) is 5.68. The Hall–Kier alpha value is -3.28. The van der Waals surface area contributed by atoms with Crippen molar-refractivity contribution >= 4 is 28.3 Å². The number of methoxy groups -OCH3 is 1. The van der Waals surface area contributed by atoms with Crippen LogP contribution in [0, 0.1) is 11.3 Å². The summed E-state index contributed by atoms with van der Waals surface area (Å²) in [6.45, 7) is 3.17. The molecule has 0 bridgehead atoms. The third kappa shape index (κ3) is 3.78. The Kier molecular flexibility index (Phi) is 5.72. The lowest BCUT2D eigenvalue weighted by molar-refractivity contribution is 0.245. The number of pyridine rings is 2. The van der Waals surface area contributed by atoms with E-state index in [2.05, 4.69) is 16.0 Å². The van der Waals surface area contributed by atoms with E-state index < -0.39 is 0 Å². The van der Waals surface area contributed by atoms with Gasteiger partial charge in [0.2, 0.25) is 0 Å². The number of para-hydroxylation sites is 1. The first kappa shape index (κ1) is 21.0. The number of halogens is 1. The van der Waals surface area contributed by atoms with Gasteiger partial charge in [-0.2, -0.15) is 5.26 Å². The van der Waals surface area contributed by atoms with Gasteiger partial charge in [-0.1, -0.05) is 23.7 Å². The van der Waals surface area contributed by atoms with E-state index in [4.69, 9.17) is 16.3 Å². The van der Waals surface area contributed by atoms with E-state index in [1.165, 1.54) is 11.7 Å². The normalized spacial score (nSPS) is 14.6. The average molecular weight is 440 g/mol. The van der Waals surface area contributed by atoms with Crippen LogP contribution < -0.4 is 15.2 Å². The van der Waals surface area contributed by atoms with Crippen molar-refractivity contribution in [2.24, 2.45) is 7.05 Å². The van der Waals surface area contributed by atoms with E-state index in [9.17, 15) is 15.2 Å². The fourth-order valence-electron chi connectivity index (χ4n) is 4.01. The topological polar surface area (TPSA) is 94.6 Å². The number of ether oxygens (including phenoxy) is 1. The molecule has 0 unspecified atom stereocenters. The van der Waals surface area contributed by atoms with Gasteiger partial charge < -0.3 is 19.3 Å². The molecule has 3 aromatic rings.